The van der Waals surface area contributed by atoms with Crippen LogP contribution in [-0.2, 0) is 0 Å². The Morgan fingerprint density at radius 1 is 0.944 bits per heavy atom. The number of aromatic nitrogens is 2. The third kappa shape index (κ3) is 1.32. The quantitative estimate of drug-likeness (QED) is 0.676. The Kier molecular flexibility index (Phi) is 2.13. The summed E-state index contributed by atoms with van der Waals surface area (Å²) in [5, 5.41) is 1.71. The zero-order chi connectivity index (χ0) is 12.9. The van der Waals surface area contributed by atoms with Crippen LogP contribution in [0.4, 0.5) is 0 Å². The molecular formula is C14H12N2O2. The Bertz CT molecular complexity index is 793. The van der Waals surface area contributed by atoms with Crippen LogP contribution in [0.3, 0.4) is 0 Å². The van der Waals surface area contributed by atoms with Gasteiger partial charge in [-0.15, -0.1) is 0 Å². The molecule has 0 spiro atoms. The lowest BCUT2D eigenvalue weighted by Gasteiger charge is -1.97. The molecule has 90 valence electrons. The molecular weight excluding hydrogens is 228 g/mol. The van der Waals surface area contributed by atoms with E-state index in [0.29, 0.717) is 11.1 Å². The molecule has 0 bridgehead atoms. The number of hydrogen-bond acceptors (Lipinski definition) is 2. The number of hydrogen-bond donors (Lipinski definition) is 2. The molecule has 18 heavy (non-hydrogen) atoms. The van der Waals surface area contributed by atoms with Gasteiger partial charge in [-0.1, -0.05) is 0 Å². The molecule has 3 rings (SSSR count). The van der Waals surface area contributed by atoms with E-state index in [1.807, 2.05) is 12.1 Å². The third-order valence-corrected chi connectivity index (χ3v) is 3.26. The third-order valence-electron chi connectivity index (χ3n) is 3.26. The predicted octanol–water partition coefficient (Wildman–Crippen LogP) is 3.05. The molecule has 0 aliphatic heterocycles. The standard InChI is InChI=1S/C14H12N2O2/c1-7(17)10-5-16-14-9(10)3-4-12-13(14)11(6-15-12)8(2)18/h3-6,15-16H,1-2H3. The van der Waals surface area contributed by atoms with Gasteiger partial charge in [0.25, 0.3) is 0 Å². The van der Waals surface area contributed by atoms with Gasteiger partial charge in [0, 0.05) is 39.8 Å². The number of ketones is 2. The molecule has 0 saturated heterocycles. The van der Waals surface area contributed by atoms with Crippen LogP contribution >= 0.6 is 0 Å². The first-order chi connectivity index (χ1) is 8.59. The molecule has 0 saturated carbocycles. The van der Waals surface area contributed by atoms with E-state index in [4.69, 9.17) is 0 Å². The zero-order valence-corrected chi connectivity index (χ0v) is 10.1. The minimum Gasteiger partial charge on any atom is -0.360 e. The predicted molar refractivity (Wildman–Crippen MR) is 70.2 cm³/mol. The number of nitrogens with one attached hydrogen (secondary N) is 2. The lowest BCUT2D eigenvalue weighted by molar-refractivity contribution is 0.101. The largest absolute Gasteiger partial charge is 0.360 e. The summed E-state index contributed by atoms with van der Waals surface area (Å²) in [6.45, 7) is 3.08. The summed E-state index contributed by atoms with van der Waals surface area (Å²) in [5.41, 5.74) is 3.03. The second-order valence-corrected chi connectivity index (χ2v) is 4.43. The van der Waals surface area contributed by atoms with Crippen molar-refractivity contribution in [3.05, 3.63) is 35.7 Å². The van der Waals surface area contributed by atoms with Gasteiger partial charge >= 0.3 is 0 Å². The maximum Gasteiger partial charge on any atom is 0.162 e. The van der Waals surface area contributed by atoms with Crippen LogP contribution in [-0.4, -0.2) is 21.5 Å². The summed E-state index contributed by atoms with van der Waals surface area (Å²) >= 11 is 0. The van der Waals surface area contributed by atoms with Crippen molar-refractivity contribution in [1.29, 1.82) is 0 Å². The number of fused-ring (bicyclic) bond motifs is 3. The normalized spacial score (nSPS) is 11.2. The van der Waals surface area contributed by atoms with Crippen molar-refractivity contribution in [2.45, 2.75) is 13.8 Å². The van der Waals surface area contributed by atoms with E-state index < -0.39 is 0 Å². The molecule has 3 aromatic rings. The van der Waals surface area contributed by atoms with Gasteiger partial charge in [-0.3, -0.25) is 9.59 Å². The fourth-order valence-electron chi connectivity index (χ4n) is 2.39. The van der Waals surface area contributed by atoms with Crippen molar-refractivity contribution in [3.8, 4) is 0 Å². The zero-order valence-electron chi connectivity index (χ0n) is 10.1. The fourth-order valence-corrected chi connectivity index (χ4v) is 2.39. The first kappa shape index (κ1) is 10.8. The second kappa shape index (κ2) is 3.57. The van der Waals surface area contributed by atoms with Crippen LogP contribution in [0.15, 0.2) is 24.5 Å². The molecule has 0 fully saturated rings. The monoisotopic (exact) mass is 240 g/mol. The first-order valence-corrected chi connectivity index (χ1v) is 5.72. The van der Waals surface area contributed by atoms with E-state index in [9.17, 15) is 9.59 Å². The number of H-pyrrole nitrogens is 2. The summed E-state index contributed by atoms with van der Waals surface area (Å²) in [5.74, 6) is 0.0215. The molecule has 4 heteroatoms. The van der Waals surface area contributed by atoms with Crippen LogP contribution in [0.25, 0.3) is 21.8 Å². The molecule has 2 N–H and O–H groups in total. The van der Waals surface area contributed by atoms with Crippen LogP contribution in [0, 0.1) is 0 Å². The summed E-state index contributed by atoms with van der Waals surface area (Å²) in [6.07, 6.45) is 3.41. The highest BCUT2D eigenvalue weighted by atomic mass is 16.1. The molecule has 0 radical (unpaired) electrons. The minimum atomic E-state index is 0.00715. The van der Waals surface area contributed by atoms with Gasteiger partial charge < -0.3 is 9.97 Å². The first-order valence-electron chi connectivity index (χ1n) is 5.72. The van der Waals surface area contributed by atoms with Crippen molar-refractivity contribution in [2.24, 2.45) is 0 Å². The van der Waals surface area contributed by atoms with Crippen LogP contribution in [0.5, 0.6) is 0 Å². The van der Waals surface area contributed by atoms with Crippen molar-refractivity contribution in [3.63, 3.8) is 0 Å². The topological polar surface area (TPSA) is 65.7 Å². The summed E-state index contributed by atoms with van der Waals surface area (Å²) < 4.78 is 0. The number of rotatable bonds is 2. The number of carbonyl (C=O) groups excluding carboxylic acids is 2. The van der Waals surface area contributed by atoms with E-state index in [1.54, 1.807) is 12.4 Å². The highest BCUT2D eigenvalue weighted by molar-refractivity contribution is 6.19. The van der Waals surface area contributed by atoms with Gasteiger partial charge in [0.1, 0.15) is 0 Å². The number of carbonyl (C=O) groups is 2. The average molecular weight is 240 g/mol. The van der Waals surface area contributed by atoms with Gasteiger partial charge in [-0.2, -0.15) is 0 Å². The van der Waals surface area contributed by atoms with Crippen molar-refractivity contribution >= 4 is 33.4 Å². The Balaban J connectivity index is 2.49. The van der Waals surface area contributed by atoms with E-state index in [0.717, 1.165) is 21.8 Å². The van der Waals surface area contributed by atoms with Crippen LogP contribution < -0.4 is 0 Å². The highest BCUT2D eigenvalue weighted by Gasteiger charge is 2.15. The molecule has 0 unspecified atom stereocenters. The molecule has 0 aliphatic carbocycles. The minimum absolute atomic E-state index is 0.00715. The lowest BCUT2D eigenvalue weighted by atomic mass is 10.0. The van der Waals surface area contributed by atoms with Gasteiger partial charge in [0.2, 0.25) is 0 Å². The van der Waals surface area contributed by atoms with E-state index in [1.165, 1.54) is 13.8 Å². The van der Waals surface area contributed by atoms with E-state index in [-0.39, 0.29) is 11.6 Å². The highest BCUT2D eigenvalue weighted by Crippen LogP contribution is 2.29. The van der Waals surface area contributed by atoms with Crippen molar-refractivity contribution < 1.29 is 9.59 Å². The maximum absolute atomic E-state index is 11.6. The molecule has 2 aromatic heterocycles. The Morgan fingerprint density at radius 2 is 1.61 bits per heavy atom. The van der Waals surface area contributed by atoms with Gasteiger partial charge in [-0.05, 0) is 26.0 Å². The molecule has 0 atom stereocenters. The Hall–Kier alpha value is -2.36. The molecule has 0 aliphatic rings. The Morgan fingerprint density at radius 3 is 2.28 bits per heavy atom. The maximum atomic E-state index is 11.6. The van der Waals surface area contributed by atoms with Gasteiger partial charge in [0.15, 0.2) is 11.6 Å². The smallest absolute Gasteiger partial charge is 0.162 e. The number of aromatic amines is 2. The summed E-state index contributed by atoms with van der Waals surface area (Å²) in [4.78, 5) is 29.3. The van der Waals surface area contributed by atoms with Gasteiger partial charge in [0.05, 0.1) is 5.52 Å². The molecule has 4 nitrogen and oxygen atoms in total. The van der Waals surface area contributed by atoms with E-state index >= 15 is 0 Å². The van der Waals surface area contributed by atoms with Crippen molar-refractivity contribution in [2.75, 3.05) is 0 Å². The Labute approximate surface area is 103 Å². The summed E-state index contributed by atoms with van der Waals surface area (Å²) in [7, 11) is 0. The van der Waals surface area contributed by atoms with E-state index in [2.05, 4.69) is 9.97 Å². The lowest BCUT2D eigenvalue weighted by Crippen LogP contribution is -1.90. The molecule has 2 heterocycles. The fraction of sp³-hybridized carbons (Fsp3) is 0.143. The van der Waals surface area contributed by atoms with Gasteiger partial charge in [-0.25, -0.2) is 0 Å². The van der Waals surface area contributed by atoms with Crippen LogP contribution in [0.1, 0.15) is 34.6 Å². The molecule has 0 amide bonds. The SMILES string of the molecule is CC(=O)c1c[nH]c2c1ccc1[nH]cc(C(C)=O)c12. The molecule has 1 aromatic carbocycles. The second-order valence-electron chi connectivity index (χ2n) is 4.43. The number of benzene rings is 1. The van der Waals surface area contributed by atoms with Crippen molar-refractivity contribution in [1.82, 2.24) is 9.97 Å². The van der Waals surface area contributed by atoms with Crippen LogP contribution in [0.2, 0.25) is 0 Å². The average Bonchev–Trinajstić information content (AvgIpc) is 2.91. The summed E-state index contributed by atoms with van der Waals surface area (Å²) in [6, 6.07) is 3.79. The number of Topliss-reactive ketones (excluding diaryl/α,β-unsaturated/α-hetero) is 2.